The number of allylic oxidation sites excluding steroid dienone is 16. The van der Waals surface area contributed by atoms with Crippen molar-refractivity contribution < 1.29 is 37.6 Å². The van der Waals surface area contributed by atoms with Crippen molar-refractivity contribution >= 4 is 19.8 Å². The normalized spacial score (nSPS) is 14.2. The van der Waals surface area contributed by atoms with Crippen LogP contribution >= 0.6 is 7.82 Å². The second kappa shape index (κ2) is 42.5. The topological polar surface area (TPSA) is 134 Å². The van der Waals surface area contributed by atoms with Crippen LogP contribution in [0.3, 0.4) is 0 Å². The Morgan fingerprint density at radius 2 is 0.912 bits per heavy atom. The monoisotopic (exact) mass is 816 g/mol. The summed E-state index contributed by atoms with van der Waals surface area (Å²) in [6.07, 6.45) is 54.7. The fraction of sp³-hybridized carbons (Fsp3) is 0.617. The van der Waals surface area contributed by atoms with Gasteiger partial charge in [-0.3, -0.25) is 18.6 Å². The van der Waals surface area contributed by atoms with E-state index in [4.69, 9.17) is 24.3 Å². The molecule has 3 N–H and O–H groups in total. The Kier molecular flexibility index (Phi) is 40.2. The molecular weight excluding hydrogens is 737 g/mol. The van der Waals surface area contributed by atoms with E-state index < -0.39 is 32.5 Å². The predicted molar refractivity (Wildman–Crippen MR) is 238 cm³/mol. The summed E-state index contributed by atoms with van der Waals surface area (Å²) in [5.74, 6) is -1.02. The van der Waals surface area contributed by atoms with Gasteiger partial charge in [-0.05, 0) is 77.0 Å². The van der Waals surface area contributed by atoms with Gasteiger partial charge in [-0.1, -0.05) is 162 Å². The summed E-state index contributed by atoms with van der Waals surface area (Å²) in [6, 6.07) is 0. The lowest BCUT2D eigenvalue weighted by molar-refractivity contribution is -0.161. The lowest BCUT2D eigenvalue weighted by Gasteiger charge is -2.19. The molecule has 0 heterocycles. The van der Waals surface area contributed by atoms with Crippen molar-refractivity contribution in [2.24, 2.45) is 5.73 Å². The number of phosphoric ester groups is 1. The number of rotatable bonds is 39. The molecule has 0 spiro atoms. The van der Waals surface area contributed by atoms with E-state index >= 15 is 0 Å². The van der Waals surface area contributed by atoms with Crippen molar-refractivity contribution in [2.45, 2.75) is 161 Å². The third-order valence-corrected chi connectivity index (χ3v) is 9.45. The number of esters is 2. The average molecular weight is 816 g/mol. The largest absolute Gasteiger partial charge is 0.472 e. The van der Waals surface area contributed by atoms with Gasteiger partial charge < -0.3 is 20.1 Å². The van der Waals surface area contributed by atoms with Crippen molar-refractivity contribution in [2.75, 3.05) is 26.4 Å². The standard InChI is InChI=1S/C47H78NO8P/c1-3-5-7-9-11-13-15-17-19-21-22-24-25-27-29-31-33-35-37-39-46(49)53-43-45(44-55-57(51,52)54-42-41-48)56-47(50)40-38-36-34-32-30-28-26-23-20-18-16-14-12-10-8-6-4-2/h14,16-17,19-20,22-24,27-30,33-36,45H,3-13,15,18,21,25-26,31-32,37-44,48H2,1-2H3,(H,51,52)/b16-14-,19-17-,23-20-,24-22-,29-27-,30-28-,35-33-,36-34-. The smallest absolute Gasteiger partial charge is 0.462 e. The van der Waals surface area contributed by atoms with Crippen molar-refractivity contribution in [3.63, 3.8) is 0 Å². The minimum atomic E-state index is -4.42. The molecule has 0 saturated carbocycles. The highest BCUT2D eigenvalue weighted by molar-refractivity contribution is 7.47. The molecule has 0 aromatic rings. The molecule has 57 heavy (non-hydrogen) atoms. The zero-order valence-electron chi connectivity index (χ0n) is 35.5. The fourth-order valence-electron chi connectivity index (χ4n) is 5.23. The molecule has 0 rings (SSSR count). The molecule has 0 aliphatic heterocycles. The lowest BCUT2D eigenvalue weighted by atomic mass is 10.1. The second-order valence-electron chi connectivity index (χ2n) is 13.8. The van der Waals surface area contributed by atoms with Gasteiger partial charge >= 0.3 is 19.8 Å². The van der Waals surface area contributed by atoms with Gasteiger partial charge in [0, 0.05) is 19.4 Å². The van der Waals surface area contributed by atoms with E-state index in [2.05, 4.69) is 86.8 Å². The molecule has 10 heteroatoms. The molecule has 0 aliphatic carbocycles. The van der Waals surface area contributed by atoms with Crippen molar-refractivity contribution in [3.05, 3.63) is 97.2 Å². The van der Waals surface area contributed by atoms with Gasteiger partial charge in [0.2, 0.25) is 0 Å². The zero-order valence-corrected chi connectivity index (χ0v) is 36.4. The Hall–Kier alpha value is -3.07. The molecule has 2 atom stereocenters. The Bertz CT molecular complexity index is 1250. The van der Waals surface area contributed by atoms with Crippen molar-refractivity contribution in [1.82, 2.24) is 0 Å². The molecule has 0 aliphatic rings. The lowest BCUT2D eigenvalue weighted by Crippen LogP contribution is -2.29. The second-order valence-corrected chi connectivity index (χ2v) is 15.3. The Balaban J connectivity index is 4.40. The molecule has 0 radical (unpaired) electrons. The third kappa shape index (κ3) is 42.4. The molecule has 0 saturated heterocycles. The number of hydrogen-bond acceptors (Lipinski definition) is 8. The first-order chi connectivity index (χ1) is 27.8. The van der Waals surface area contributed by atoms with Crippen LogP contribution in [0.15, 0.2) is 97.2 Å². The van der Waals surface area contributed by atoms with Gasteiger partial charge in [-0.25, -0.2) is 4.57 Å². The van der Waals surface area contributed by atoms with Crippen LogP contribution in [0.2, 0.25) is 0 Å². The molecule has 0 fully saturated rings. The number of hydrogen-bond donors (Lipinski definition) is 2. The number of unbranched alkanes of at least 4 members (excludes halogenated alkanes) is 10. The highest BCUT2D eigenvalue weighted by Gasteiger charge is 2.25. The molecule has 0 aromatic heterocycles. The number of carbonyl (C=O) groups excluding carboxylic acids is 2. The van der Waals surface area contributed by atoms with Gasteiger partial charge in [-0.15, -0.1) is 0 Å². The van der Waals surface area contributed by atoms with Crippen LogP contribution in [-0.2, 0) is 32.7 Å². The summed E-state index contributed by atoms with van der Waals surface area (Å²) < 4.78 is 32.6. The van der Waals surface area contributed by atoms with Gasteiger partial charge in [0.1, 0.15) is 6.61 Å². The van der Waals surface area contributed by atoms with E-state index in [-0.39, 0.29) is 32.6 Å². The molecule has 2 unspecified atom stereocenters. The maximum absolute atomic E-state index is 12.5. The van der Waals surface area contributed by atoms with Gasteiger partial charge in [0.25, 0.3) is 0 Å². The number of ether oxygens (including phenoxy) is 2. The predicted octanol–water partition coefficient (Wildman–Crippen LogP) is 12.6. The first-order valence-corrected chi connectivity index (χ1v) is 23.2. The summed E-state index contributed by atoms with van der Waals surface area (Å²) in [5, 5.41) is 0. The van der Waals surface area contributed by atoms with Gasteiger partial charge in [0.15, 0.2) is 6.10 Å². The summed E-state index contributed by atoms with van der Waals surface area (Å²) >= 11 is 0. The minimum absolute atomic E-state index is 0.0288. The molecule has 0 bridgehead atoms. The van der Waals surface area contributed by atoms with E-state index in [1.165, 1.54) is 70.6 Å². The summed E-state index contributed by atoms with van der Waals surface area (Å²) in [7, 11) is -4.42. The van der Waals surface area contributed by atoms with Gasteiger partial charge in [0.05, 0.1) is 13.2 Å². The molecule has 0 aromatic carbocycles. The highest BCUT2D eigenvalue weighted by atomic mass is 31.2. The summed E-state index contributed by atoms with van der Waals surface area (Å²) in [4.78, 5) is 34.8. The highest BCUT2D eigenvalue weighted by Crippen LogP contribution is 2.43. The van der Waals surface area contributed by atoms with Crippen molar-refractivity contribution in [3.8, 4) is 0 Å². The summed E-state index contributed by atoms with van der Waals surface area (Å²) in [6.45, 7) is 3.52. The number of nitrogens with two attached hydrogens (primary N) is 1. The maximum Gasteiger partial charge on any atom is 0.472 e. The minimum Gasteiger partial charge on any atom is -0.462 e. The number of carbonyl (C=O) groups is 2. The molecule has 9 nitrogen and oxygen atoms in total. The van der Waals surface area contributed by atoms with Crippen LogP contribution in [0.25, 0.3) is 0 Å². The van der Waals surface area contributed by atoms with Crippen LogP contribution in [0.5, 0.6) is 0 Å². The Labute approximate surface area is 346 Å². The molecule has 324 valence electrons. The Morgan fingerprint density at radius 3 is 1.37 bits per heavy atom. The van der Waals surface area contributed by atoms with Crippen LogP contribution in [0.4, 0.5) is 0 Å². The van der Waals surface area contributed by atoms with Crippen LogP contribution in [-0.4, -0.2) is 49.3 Å². The molecular formula is C47H78NO8P. The fourth-order valence-corrected chi connectivity index (χ4v) is 6.00. The van der Waals surface area contributed by atoms with Crippen LogP contribution in [0, 0.1) is 0 Å². The van der Waals surface area contributed by atoms with Crippen molar-refractivity contribution in [1.29, 1.82) is 0 Å². The zero-order chi connectivity index (χ0) is 41.8. The van der Waals surface area contributed by atoms with Gasteiger partial charge in [-0.2, -0.15) is 0 Å². The van der Waals surface area contributed by atoms with E-state index in [1.807, 2.05) is 24.3 Å². The quantitative estimate of drug-likeness (QED) is 0.0269. The number of phosphoric acid groups is 1. The first-order valence-electron chi connectivity index (χ1n) is 21.7. The average Bonchev–Trinajstić information content (AvgIpc) is 3.20. The Morgan fingerprint density at radius 1 is 0.526 bits per heavy atom. The SMILES string of the molecule is CCCCCC/C=C\C/C=C\C/C=C\C/C=C\CCC(=O)OC(COC(=O)CC/C=C\C/C=C\C/C=C\C/C=C\CCCCCCCC)COP(=O)(O)OCCN. The van der Waals surface area contributed by atoms with E-state index in [1.54, 1.807) is 0 Å². The van der Waals surface area contributed by atoms with Crippen LogP contribution in [0.1, 0.15) is 155 Å². The first kappa shape index (κ1) is 53.9. The third-order valence-electron chi connectivity index (χ3n) is 8.47. The van der Waals surface area contributed by atoms with E-state index in [0.717, 1.165) is 44.9 Å². The maximum atomic E-state index is 12.5. The van der Waals surface area contributed by atoms with Crippen LogP contribution < -0.4 is 5.73 Å². The van der Waals surface area contributed by atoms with E-state index in [9.17, 15) is 19.0 Å². The van der Waals surface area contributed by atoms with E-state index in [0.29, 0.717) is 12.8 Å². The summed E-state index contributed by atoms with van der Waals surface area (Å²) in [5.41, 5.74) is 5.33. The molecule has 0 amide bonds.